The van der Waals surface area contributed by atoms with E-state index < -0.39 is 0 Å². The van der Waals surface area contributed by atoms with E-state index in [9.17, 15) is 0 Å². The predicted molar refractivity (Wildman–Crippen MR) is 53.5 cm³/mol. The monoisotopic (exact) mass is 238 g/mol. The Kier molecular flexibility index (Phi) is 2.02. The summed E-state index contributed by atoms with van der Waals surface area (Å²) in [5.41, 5.74) is 7.17. The minimum atomic E-state index is 0.609. The normalized spacial score (nSPS) is 10.2. The molecule has 13 heavy (non-hydrogen) atoms. The van der Waals surface area contributed by atoms with Crippen LogP contribution in [0.15, 0.2) is 35.3 Å². The molecule has 2 N–H and O–H groups in total. The molecule has 0 radical (unpaired) electrons. The molecular weight excluding hydrogens is 232 g/mol. The fraction of sp³-hybridized carbons (Fsp3) is 0. The van der Waals surface area contributed by atoms with E-state index in [0.717, 1.165) is 10.2 Å². The SMILES string of the molecule is Nc1cnccc1-n1cc(Br)cn1. The Morgan fingerprint density at radius 3 is 2.85 bits per heavy atom. The van der Waals surface area contributed by atoms with Crippen molar-refractivity contribution in [2.24, 2.45) is 0 Å². The molecule has 0 amide bonds. The average molecular weight is 239 g/mol. The molecule has 0 fully saturated rings. The van der Waals surface area contributed by atoms with Gasteiger partial charge in [-0.05, 0) is 22.0 Å². The highest BCUT2D eigenvalue weighted by atomic mass is 79.9. The first kappa shape index (κ1) is 8.25. The van der Waals surface area contributed by atoms with Crippen molar-refractivity contribution in [1.29, 1.82) is 0 Å². The molecule has 0 unspecified atom stereocenters. The Morgan fingerprint density at radius 2 is 2.23 bits per heavy atom. The van der Waals surface area contributed by atoms with Crippen molar-refractivity contribution in [3.8, 4) is 5.69 Å². The minimum Gasteiger partial charge on any atom is -0.396 e. The summed E-state index contributed by atoms with van der Waals surface area (Å²) >= 11 is 3.31. The van der Waals surface area contributed by atoms with Crippen molar-refractivity contribution in [2.75, 3.05) is 5.73 Å². The summed E-state index contributed by atoms with van der Waals surface area (Å²) in [5.74, 6) is 0. The fourth-order valence-electron chi connectivity index (χ4n) is 1.04. The van der Waals surface area contributed by atoms with Crippen LogP contribution in [0, 0.1) is 0 Å². The Morgan fingerprint density at radius 1 is 1.38 bits per heavy atom. The highest BCUT2D eigenvalue weighted by Crippen LogP contribution is 2.16. The van der Waals surface area contributed by atoms with Crippen LogP contribution in [0.2, 0.25) is 0 Å². The third kappa shape index (κ3) is 1.55. The summed E-state index contributed by atoms with van der Waals surface area (Å²) in [6.45, 7) is 0. The van der Waals surface area contributed by atoms with E-state index in [1.165, 1.54) is 0 Å². The first-order valence-corrected chi connectivity index (χ1v) is 4.47. The van der Waals surface area contributed by atoms with Gasteiger partial charge in [-0.1, -0.05) is 0 Å². The van der Waals surface area contributed by atoms with Gasteiger partial charge >= 0.3 is 0 Å². The highest BCUT2D eigenvalue weighted by Gasteiger charge is 2.01. The second-order valence-corrected chi connectivity index (χ2v) is 3.45. The number of halogens is 1. The quantitative estimate of drug-likeness (QED) is 0.822. The van der Waals surface area contributed by atoms with Gasteiger partial charge in [-0.3, -0.25) is 4.98 Å². The van der Waals surface area contributed by atoms with E-state index in [0.29, 0.717) is 5.69 Å². The maximum Gasteiger partial charge on any atom is 0.0906 e. The lowest BCUT2D eigenvalue weighted by Gasteiger charge is -2.02. The van der Waals surface area contributed by atoms with Crippen LogP contribution < -0.4 is 5.73 Å². The first-order valence-electron chi connectivity index (χ1n) is 3.67. The highest BCUT2D eigenvalue weighted by molar-refractivity contribution is 9.10. The largest absolute Gasteiger partial charge is 0.396 e. The molecule has 2 heterocycles. The van der Waals surface area contributed by atoms with Gasteiger partial charge in [0.1, 0.15) is 0 Å². The molecule has 0 spiro atoms. The summed E-state index contributed by atoms with van der Waals surface area (Å²) in [7, 11) is 0. The van der Waals surface area contributed by atoms with Gasteiger partial charge in [0.15, 0.2) is 0 Å². The van der Waals surface area contributed by atoms with Gasteiger partial charge in [-0.25, -0.2) is 4.68 Å². The zero-order valence-electron chi connectivity index (χ0n) is 6.68. The number of hydrogen-bond acceptors (Lipinski definition) is 3. The number of nitrogen functional groups attached to an aromatic ring is 1. The van der Waals surface area contributed by atoms with Crippen LogP contribution >= 0.6 is 15.9 Å². The Bertz CT molecular complexity index is 424. The summed E-state index contributed by atoms with van der Waals surface area (Å²) < 4.78 is 2.62. The number of nitrogens with two attached hydrogens (primary N) is 1. The number of nitrogens with zero attached hydrogens (tertiary/aromatic N) is 3. The zero-order valence-corrected chi connectivity index (χ0v) is 8.27. The predicted octanol–water partition coefficient (Wildman–Crippen LogP) is 1.61. The molecule has 2 aromatic heterocycles. The lowest BCUT2D eigenvalue weighted by molar-refractivity contribution is 0.880. The van der Waals surface area contributed by atoms with E-state index >= 15 is 0 Å². The number of rotatable bonds is 1. The van der Waals surface area contributed by atoms with Crippen molar-refractivity contribution < 1.29 is 0 Å². The molecule has 0 atom stereocenters. The molecule has 4 nitrogen and oxygen atoms in total. The number of aromatic nitrogens is 3. The number of pyridine rings is 1. The third-order valence-electron chi connectivity index (χ3n) is 1.63. The van der Waals surface area contributed by atoms with Crippen molar-refractivity contribution >= 4 is 21.6 Å². The van der Waals surface area contributed by atoms with Gasteiger partial charge in [0, 0.05) is 12.4 Å². The Balaban J connectivity index is 2.52. The maximum atomic E-state index is 5.72. The van der Waals surface area contributed by atoms with Gasteiger partial charge in [0.25, 0.3) is 0 Å². The molecule has 0 bridgehead atoms. The van der Waals surface area contributed by atoms with Gasteiger partial charge in [-0.15, -0.1) is 0 Å². The molecule has 66 valence electrons. The molecule has 2 rings (SSSR count). The van der Waals surface area contributed by atoms with Crippen molar-refractivity contribution in [3.63, 3.8) is 0 Å². The fourth-order valence-corrected chi connectivity index (χ4v) is 1.33. The zero-order chi connectivity index (χ0) is 9.26. The number of hydrogen-bond donors (Lipinski definition) is 1. The van der Waals surface area contributed by atoms with Crippen molar-refractivity contribution in [1.82, 2.24) is 14.8 Å². The molecule has 0 saturated heterocycles. The van der Waals surface area contributed by atoms with Crippen LogP contribution in [-0.2, 0) is 0 Å². The van der Waals surface area contributed by atoms with Gasteiger partial charge in [0.05, 0.1) is 28.2 Å². The van der Waals surface area contributed by atoms with Gasteiger partial charge < -0.3 is 5.73 Å². The Labute approximate surface area is 83.5 Å². The molecule has 0 aromatic carbocycles. The van der Waals surface area contributed by atoms with Crippen molar-refractivity contribution in [2.45, 2.75) is 0 Å². The average Bonchev–Trinajstić information content (AvgIpc) is 2.53. The van der Waals surface area contributed by atoms with Gasteiger partial charge in [0.2, 0.25) is 0 Å². The molecule has 5 heteroatoms. The second kappa shape index (κ2) is 3.18. The summed E-state index contributed by atoms with van der Waals surface area (Å²) in [5, 5.41) is 4.11. The molecular formula is C8H7BrN4. The molecule has 2 aromatic rings. The topological polar surface area (TPSA) is 56.7 Å². The molecule has 0 aliphatic heterocycles. The van der Waals surface area contributed by atoms with Crippen LogP contribution in [0.1, 0.15) is 0 Å². The van der Waals surface area contributed by atoms with Crippen molar-refractivity contribution in [3.05, 3.63) is 35.3 Å². The molecule has 0 saturated carbocycles. The van der Waals surface area contributed by atoms with Gasteiger partial charge in [-0.2, -0.15) is 5.10 Å². The standard InChI is InChI=1S/C8H7BrN4/c9-6-3-12-13(5-6)8-1-2-11-4-7(8)10/h1-5H,10H2. The Hall–Kier alpha value is -1.36. The van der Waals surface area contributed by atoms with E-state index in [2.05, 4.69) is 26.0 Å². The smallest absolute Gasteiger partial charge is 0.0906 e. The maximum absolute atomic E-state index is 5.72. The minimum absolute atomic E-state index is 0.609. The lowest BCUT2D eigenvalue weighted by atomic mass is 10.3. The summed E-state index contributed by atoms with van der Waals surface area (Å²) in [6, 6.07) is 1.81. The lowest BCUT2D eigenvalue weighted by Crippen LogP contribution is -1.99. The second-order valence-electron chi connectivity index (χ2n) is 2.54. The van der Waals surface area contributed by atoms with E-state index in [1.807, 2.05) is 12.3 Å². The summed E-state index contributed by atoms with van der Waals surface area (Å²) in [6.07, 6.45) is 6.83. The van der Waals surface area contributed by atoms with Crippen LogP contribution in [0.3, 0.4) is 0 Å². The van der Waals surface area contributed by atoms with Crippen LogP contribution in [0.5, 0.6) is 0 Å². The van der Waals surface area contributed by atoms with E-state index in [-0.39, 0.29) is 0 Å². The van der Waals surface area contributed by atoms with Crippen LogP contribution in [0.4, 0.5) is 5.69 Å². The van der Waals surface area contributed by atoms with E-state index in [1.54, 1.807) is 23.3 Å². The summed E-state index contributed by atoms with van der Waals surface area (Å²) in [4.78, 5) is 3.90. The van der Waals surface area contributed by atoms with Crippen LogP contribution in [0.25, 0.3) is 5.69 Å². The molecule has 0 aliphatic rings. The van der Waals surface area contributed by atoms with E-state index in [4.69, 9.17) is 5.73 Å². The number of anilines is 1. The molecule has 0 aliphatic carbocycles. The van der Waals surface area contributed by atoms with Crippen LogP contribution in [-0.4, -0.2) is 14.8 Å². The third-order valence-corrected chi connectivity index (χ3v) is 2.04. The first-order chi connectivity index (χ1) is 6.27.